The van der Waals surface area contributed by atoms with Crippen molar-refractivity contribution in [2.24, 2.45) is 0 Å². The quantitative estimate of drug-likeness (QED) is 0.846. The molecule has 3 nitrogen and oxygen atoms in total. The highest BCUT2D eigenvalue weighted by molar-refractivity contribution is 5.35. The van der Waals surface area contributed by atoms with E-state index in [1.165, 1.54) is 0 Å². The van der Waals surface area contributed by atoms with Crippen molar-refractivity contribution < 1.29 is 14.6 Å². The van der Waals surface area contributed by atoms with E-state index in [0.29, 0.717) is 0 Å². The number of ether oxygens (including phenoxy) is 2. The predicted molar refractivity (Wildman–Crippen MR) is 73.5 cm³/mol. The van der Waals surface area contributed by atoms with Gasteiger partial charge in [0.1, 0.15) is 6.10 Å². The lowest BCUT2D eigenvalue weighted by Crippen LogP contribution is -2.28. The van der Waals surface area contributed by atoms with Crippen molar-refractivity contribution in [3.63, 3.8) is 0 Å². The van der Waals surface area contributed by atoms with Crippen LogP contribution in [0, 0.1) is 12.3 Å². The molecule has 102 valence electrons. The fourth-order valence-corrected chi connectivity index (χ4v) is 2.22. The van der Waals surface area contributed by atoms with E-state index in [1.54, 1.807) is 6.92 Å². The first kappa shape index (κ1) is 14.1. The van der Waals surface area contributed by atoms with Crippen LogP contribution in [0.5, 0.6) is 0 Å². The summed E-state index contributed by atoms with van der Waals surface area (Å²) in [4.78, 5) is 0. The van der Waals surface area contributed by atoms with Crippen LogP contribution in [-0.4, -0.2) is 24.1 Å². The van der Waals surface area contributed by atoms with E-state index in [9.17, 15) is 5.11 Å². The Balaban J connectivity index is 2.07. The molecule has 0 aromatic heterocycles. The Labute approximate surface area is 114 Å². The van der Waals surface area contributed by atoms with E-state index in [0.717, 1.165) is 37.0 Å². The molecule has 1 N–H and O–H groups in total. The second kappa shape index (κ2) is 6.72. The largest absolute Gasteiger partial charge is 0.390 e. The zero-order valence-electron chi connectivity index (χ0n) is 11.2. The van der Waals surface area contributed by atoms with Crippen LogP contribution >= 0.6 is 0 Å². The van der Waals surface area contributed by atoms with Crippen LogP contribution in [0.15, 0.2) is 24.3 Å². The zero-order valence-corrected chi connectivity index (χ0v) is 11.2. The third-order valence-corrected chi connectivity index (χ3v) is 3.28. The molecule has 0 radical (unpaired) electrons. The van der Waals surface area contributed by atoms with Gasteiger partial charge in [-0.05, 0) is 43.9 Å². The first-order chi connectivity index (χ1) is 9.20. The second-order valence-electron chi connectivity index (χ2n) is 4.86. The van der Waals surface area contributed by atoms with Gasteiger partial charge in [-0.25, -0.2) is 0 Å². The van der Waals surface area contributed by atoms with Gasteiger partial charge in [0.2, 0.25) is 0 Å². The normalized spacial score (nSPS) is 22.5. The van der Waals surface area contributed by atoms with Gasteiger partial charge in [0, 0.05) is 12.2 Å². The molecule has 1 heterocycles. The van der Waals surface area contributed by atoms with E-state index in [4.69, 9.17) is 15.9 Å². The van der Waals surface area contributed by atoms with Gasteiger partial charge in [0.25, 0.3) is 0 Å². The summed E-state index contributed by atoms with van der Waals surface area (Å²) in [5.41, 5.74) is 1.74. The van der Waals surface area contributed by atoms with Gasteiger partial charge in [-0.15, -0.1) is 6.42 Å². The maximum absolute atomic E-state index is 9.90. The molecule has 1 aromatic carbocycles. The number of hydrogen-bond acceptors (Lipinski definition) is 3. The van der Waals surface area contributed by atoms with Gasteiger partial charge in [-0.1, -0.05) is 18.1 Å². The third kappa shape index (κ3) is 3.81. The van der Waals surface area contributed by atoms with Crippen molar-refractivity contribution in [1.29, 1.82) is 0 Å². The summed E-state index contributed by atoms with van der Waals surface area (Å²) in [5, 5.41) is 9.90. The fourth-order valence-electron chi connectivity index (χ4n) is 2.22. The van der Waals surface area contributed by atoms with Gasteiger partial charge in [0.05, 0.1) is 6.10 Å². The first-order valence-corrected chi connectivity index (χ1v) is 6.72. The maximum atomic E-state index is 9.90. The minimum Gasteiger partial charge on any atom is -0.390 e. The molecule has 1 aromatic rings. The van der Waals surface area contributed by atoms with E-state index >= 15 is 0 Å². The summed E-state index contributed by atoms with van der Waals surface area (Å²) >= 11 is 0. The Morgan fingerprint density at radius 2 is 2.11 bits per heavy atom. The average Bonchev–Trinajstić information content (AvgIpc) is 2.46. The molecular formula is C16H20O3. The maximum Gasteiger partial charge on any atom is 0.158 e. The molecule has 0 saturated carbocycles. The molecule has 2 rings (SSSR count). The molecule has 1 fully saturated rings. The Morgan fingerprint density at radius 3 is 2.63 bits per heavy atom. The van der Waals surface area contributed by atoms with Crippen molar-refractivity contribution >= 4 is 0 Å². The standard InChI is InChI=1S/C16H20O3/c1-3-13-7-9-14(10-8-13)16(12(2)17)19-15-6-4-5-11-18-15/h1,7-10,12,15-17H,4-6,11H2,2H3/t12?,15?,16-/m1/s1. The molecule has 1 aliphatic heterocycles. The SMILES string of the molecule is C#Cc1ccc([C@H](OC2CCCCO2)C(C)O)cc1. The summed E-state index contributed by atoms with van der Waals surface area (Å²) in [6.07, 6.45) is 7.20. The first-order valence-electron chi connectivity index (χ1n) is 6.72. The van der Waals surface area contributed by atoms with Crippen LogP contribution in [0.25, 0.3) is 0 Å². The van der Waals surface area contributed by atoms with Gasteiger partial charge >= 0.3 is 0 Å². The van der Waals surface area contributed by atoms with Gasteiger partial charge in [-0.2, -0.15) is 0 Å². The van der Waals surface area contributed by atoms with Crippen LogP contribution in [-0.2, 0) is 9.47 Å². The van der Waals surface area contributed by atoms with Crippen molar-refractivity contribution in [3.8, 4) is 12.3 Å². The number of aliphatic hydroxyl groups excluding tert-OH is 1. The highest BCUT2D eigenvalue weighted by atomic mass is 16.7. The Hall–Kier alpha value is -1.34. The number of rotatable bonds is 4. The van der Waals surface area contributed by atoms with Gasteiger partial charge in [0.15, 0.2) is 6.29 Å². The zero-order chi connectivity index (χ0) is 13.7. The molecule has 3 heteroatoms. The lowest BCUT2D eigenvalue weighted by molar-refractivity contribution is -0.207. The van der Waals surface area contributed by atoms with Gasteiger partial charge in [-0.3, -0.25) is 0 Å². The van der Waals surface area contributed by atoms with Crippen molar-refractivity contribution in [1.82, 2.24) is 0 Å². The molecule has 1 aliphatic rings. The van der Waals surface area contributed by atoms with E-state index < -0.39 is 6.10 Å². The molecule has 19 heavy (non-hydrogen) atoms. The van der Waals surface area contributed by atoms with Crippen LogP contribution in [0.3, 0.4) is 0 Å². The van der Waals surface area contributed by atoms with E-state index in [-0.39, 0.29) is 12.4 Å². The third-order valence-electron chi connectivity index (χ3n) is 3.28. The van der Waals surface area contributed by atoms with Gasteiger partial charge < -0.3 is 14.6 Å². The topological polar surface area (TPSA) is 38.7 Å². The highest BCUT2D eigenvalue weighted by Crippen LogP contribution is 2.26. The second-order valence-corrected chi connectivity index (χ2v) is 4.86. The number of hydrogen-bond donors (Lipinski definition) is 1. The van der Waals surface area contributed by atoms with Crippen molar-refractivity contribution in [3.05, 3.63) is 35.4 Å². The monoisotopic (exact) mass is 260 g/mol. The van der Waals surface area contributed by atoms with Crippen LogP contribution in [0.4, 0.5) is 0 Å². The summed E-state index contributed by atoms with van der Waals surface area (Å²) in [5.74, 6) is 2.58. The molecular weight excluding hydrogens is 240 g/mol. The molecule has 0 aliphatic carbocycles. The summed E-state index contributed by atoms with van der Waals surface area (Å²) in [7, 11) is 0. The Morgan fingerprint density at radius 1 is 1.37 bits per heavy atom. The van der Waals surface area contributed by atoms with Crippen molar-refractivity contribution in [2.45, 2.75) is 44.7 Å². The lowest BCUT2D eigenvalue weighted by atomic mass is 10.0. The average molecular weight is 260 g/mol. The van der Waals surface area contributed by atoms with Crippen LogP contribution in [0.2, 0.25) is 0 Å². The Bertz CT molecular complexity index is 424. The molecule has 1 saturated heterocycles. The summed E-state index contributed by atoms with van der Waals surface area (Å²) < 4.78 is 11.4. The fraction of sp³-hybridized carbons (Fsp3) is 0.500. The molecule has 0 spiro atoms. The van der Waals surface area contributed by atoms with Crippen LogP contribution in [0.1, 0.15) is 43.4 Å². The van der Waals surface area contributed by atoms with E-state index in [2.05, 4.69) is 5.92 Å². The molecule has 3 atom stereocenters. The molecule has 0 bridgehead atoms. The smallest absolute Gasteiger partial charge is 0.158 e. The lowest BCUT2D eigenvalue weighted by Gasteiger charge is -2.29. The highest BCUT2D eigenvalue weighted by Gasteiger charge is 2.24. The molecule has 0 amide bonds. The summed E-state index contributed by atoms with van der Waals surface area (Å²) in [6.45, 7) is 2.45. The number of terminal acetylenes is 1. The predicted octanol–water partition coefficient (Wildman–Crippen LogP) is 2.63. The summed E-state index contributed by atoms with van der Waals surface area (Å²) in [6, 6.07) is 7.51. The van der Waals surface area contributed by atoms with Crippen molar-refractivity contribution in [2.75, 3.05) is 6.61 Å². The molecule has 2 unspecified atom stereocenters. The van der Waals surface area contributed by atoms with Crippen LogP contribution < -0.4 is 0 Å². The number of benzene rings is 1. The Kier molecular flexibility index (Phi) is 4.98. The number of aliphatic hydroxyl groups is 1. The minimum atomic E-state index is -0.595. The van der Waals surface area contributed by atoms with E-state index in [1.807, 2.05) is 24.3 Å². The minimum absolute atomic E-state index is 0.222.